The van der Waals surface area contributed by atoms with Gasteiger partial charge in [-0.05, 0) is 31.2 Å². The average Bonchev–Trinajstić information content (AvgIpc) is 2.77. The van der Waals surface area contributed by atoms with Gasteiger partial charge in [-0.25, -0.2) is 0 Å². The van der Waals surface area contributed by atoms with Crippen molar-refractivity contribution in [1.29, 1.82) is 0 Å². The molecule has 1 unspecified atom stereocenters. The van der Waals surface area contributed by atoms with Crippen molar-refractivity contribution in [3.8, 4) is 0 Å². The predicted molar refractivity (Wildman–Crippen MR) is 75.6 cm³/mol. The number of nitrogens with one attached hydrogen (secondary N) is 1. The normalized spacial score (nSPS) is 22.0. The van der Waals surface area contributed by atoms with Crippen LogP contribution in [-0.2, 0) is 24.2 Å². The Balaban J connectivity index is 2.00. The summed E-state index contributed by atoms with van der Waals surface area (Å²) in [4.78, 5) is 16.6. The summed E-state index contributed by atoms with van der Waals surface area (Å²) >= 11 is 1.82. The van der Waals surface area contributed by atoms with Gasteiger partial charge in [0.05, 0.1) is 6.61 Å². The number of quaternary nitrogens is 1. The highest BCUT2D eigenvalue weighted by Gasteiger charge is 2.33. The Labute approximate surface area is 117 Å². The van der Waals surface area contributed by atoms with Crippen molar-refractivity contribution in [2.24, 2.45) is 0 Å². The number of thiophene rings is 1. The van der Waals surface area contributed by atoms with Gasteiger partial charge in [0.1, 0.15) is 18.1 Å². The van der Waals surface area contributed by atoms with E-state index in [9.17, 15) is 4.79 Å². The molecule has 1 atom stereocenters. The fraction of sp³-hybridized carbons (Fsp3) is 0.643. The van der Waals surface area contributed by atoms with Crippen LogP contribution in [0.2, 0.25) is 0 Å². The van der Waals surface area contributed by atoms with E-state index in [1.165, 1.54) is 51.6 Å². The molecular weight excluding hydrogens is 260 g/mol. The first-order chi connectivity index (χ1) is 9.20. The Hall–Kier alpha value is -0.910. The van der Waals surface area contributed by atoms with Gasteiger partial charge < -0.3 is 10.0 Å². The highest BCUT2D eigenvalue weighted by molar-refractivity contribution is 7.16. The van der Waals surface area contributed by atoms with Gasteiger partial charge in [0.2, 0.25) is 5.91 Å². The lowest BCUT2D eigenvalue weighted by Gasteiger charge is -2.32. The predicted octanol–water partition coefficient (Wildman–Crippen LogP) is 0.328. The first-order valence-corrected chi connectivity index (χ1v) is 7.88. The van der Waals surface area contributed by atoms with Crippen molar-refractivity contribution < 1.29 is 14.8 Å². The molecule has 0 fully saturated rings. The van der Waals surface area contributed by atoms with Crippen molar-refractivity contribution in [3.63, 3.8) is 0 Å². The van der Waals surface area contributed by atoms with Gasteiger partial charge in [-0.15, -0.1) is 11.3 Å². The maximum absolute atomic E-state index is 11.9. The lowest BCUT2D eigenvalue weighted by Crippen LogP contribution is -3.13. The maximum atomic E-state index is 11.9. The van der Waals surface area contributed by atoms with E-state index in [4.69, 9.17) is 5.11 Å². The summed E-state index contributed by atoms with van der Waals surface area (Å²) < 4.78 is 0. The number of aryl methyl sites for hydroxylation is 1. The number of hydrogen-bond acceptors (Lipinski definition) is 3. The zero-order valence-electron chi connectivity index (χ0n) is 11.4. The quantitative estimate of drug-likeness (QED) is 0.820. The summed E-state index contributed by atoms with van der Waals surface area (Å²) in [6.45, 7) is 4.20. The number of hydrogen-bond donors (Lipinski definition) is 2. The Kier molecular flexibility index (Phi) is 3.60. The van der Waals surface area contributed by atoms with E-state index in [1.54, 1.807) is 6.92 Å². The number of aliphatic hydroxyl groups excluding tert-OH is 1. The van der Waals surface area contributed by atoms with Crippen molar-refractivity contribution in [2.75, 3.05) is 24.7 Å². The lowest BCUT2D eigenvalue weighted by atomic mass is 9.95. The molecule has 0 saturated carbocycles. The highest BCUT2D eigenvalue weighted by atomic mass is 32.1. The highest BCUT2D eigenvalue weighted by Crippen LogP contribution is 2.40. The standard InChI is InChI=1S/C14H20N2O2S/c1-10(18)16-9-15(6-7-17)8-12-11-4-2-3-5-13(11)19-14(12)16/h17H,2-9H2,1H3/p+1. The third-order valence-electron chi connectivity index (χ3n) is 4.16. The monoisotopic (exact) mass is 281 g/mol. The molecule has 1 amide bonds. The summed E-state index contributed by atoms with van der Waals surface area (Å²) in [5.74, 6) is 0.120. The summed E-state index contributed by atoms with van der Waals surface area (Å²) in [7, 11) is 0. The van der Waals surface area contributed by atoms with Crippen LogP contribution in [0.15, 0.2) is 0 Å². The van der Waals surface area contributed by atoms with Gasteiger partial charge in [0.25, 0.3) is 0 Å². The van der Waals surface area contributed by atoms with E-state index < -0.39 is 0 Å². The molecule has 4 nitrogen and oxygen atoms in total. The molecule has 5 heteroatoms. The number of rotatable bonds is 2. The first-order valence-electron chi connectivity index (χ1n) is 7.06. The Morgan fingerprint density at radius 1 is 1.37 bits per heavy atom. The van der Waals surface area contributed by atoms with Gasteiger partial charge in [0.15, 0.2) is 6.67 Å². The lowest BCUT2D eigenvalue weighted by molar-refractivity contribution is -0.914. The van der Waals surface area contributed by atoms with Crippen LogP contribution in [0.25, 0.3) is 0 Å². The minimum absolute atomic E-state index is 0.120. The second-order valence-corrected chi connectivity index (χ2v) is 6.58. The largest absolute Gasteiger partial charge is 0.391 e. The van der Waals surface area contributed by atoms with E-state index in [-0.39, 0.29) is 12.5 Å². The summed E-state index contributed by atoms with van der Waals surface area (Å²) in [6, 6.07) is 0. The minimum Gasteiger partial charge on any atom is -0.391 e. The van der Waals surface area contributed by atoms with E-state index in [0.717, 1.165) is 6.54 Å². The van der Waals surface area contributed by atoms with Crippen molar-refractivity contribution in [2.45, 2.75) is 39.2 Å². The molecule has 3 rings (SSSR count). The topological polar surface area (TPSA) is 45.0 Å². The van der Waals surface area contributed by atoms with Crippen molar-refractivity contribution in [3.05, 3.63) is 16.0 Å². The van der Waals surface area contributed by atoms with Gasteiger partial charge in [-0.2, -0.15) is 0 Å². The van der Waals surface area contributed by atoms with Crippen LogP contribution in [0.5, 0.6) is 0 Å². The molecular formula is C14H21N2O2S+. The summed E-state index contributed by atoms with van der Waals surface area (Å²) in [6.07, 6.45) is 4.89. The Morgan fingerprint density at radius 3 is 2.89 bits per heavy atom. The molecule has 2 aliphatic rings. The van der Waals surface area contributed by atoms with E-state index in [1.807, 2.05) is 16.2 Å². The SMILES string of the molecule is CC(=O)N1C[NH+](CCO)Cc2c1sc1c2CCCC1. The minimum atomic E-state index is 0.120. The van der Waals surface area contributed by atoms with E-state index >= 15 is 0 Å². The number of aliphatic hydroxyl groups is 1. The van der Waals surface area contributed by atoms with Crippen LogP contribution in [0.4, 0.5) is 5.00 Å². The molecule has 1 aromatic heterocycles. The third-order valence-corrected chi connectivity index (χ3v) is 5.52. The van der Waals surface area contributed by atoms with Gasteiger partial charge in [0, 0.05) is 17.4 Å². The number of anilines is 1. The smallest absolute Gasteiger partial charge is 0.228 e. The molecule has 19 heavy (non-hydrogen) atoms. The summed E-state index contributed by atoms with van der Waals surface area (Å²) in [5, 5.41) is 10.3. The van der Waals surface area contributed by atoms with Gasteiger partial charge >= 0.3 is 0 Å². The Bertz CT molecular complexity index is 498. The van der Waals surface area contributed by atoms with Crippen LogP contribution in [0.3, 0.4) is 0 Å². The fourth-order valence-corrected chi connectivity index (χ4v) is 4.65. The molecule has 1 aliphatic carbocycles. The maximum Gasteiger partial charge on any atom is 0.228 e. The first kappa shape index (κ1) is 13.1. The molecule has 104 valence electrons. The fourth-order valence-electron chi connectivity index (χ4n) is 3.20. The van der Waals surface area contributed by atoms with Crippen molar-refractivity contribution in [1.82, 2.24) is 0 Å². The number of fused-ring (bicyclic) bond motifs is 3. The van der Waals surface area contributed by atoms with Gasteiger partial charge in [-0.1, -0.05) is 0 Å². The third kappa shape index (κ3) is 2.30. The van der Waals surface area contributed by atoms with E-state index in [2.05, 4.69) is 0 Å². The number of carbonyl (C=O) groups excluding carboxylic acids is 1. The van der Waals surface area contributed by atoms with Crippen LogP contribution in [0.1, 0.15) is 35.8 Å². The molecule has 2 N–H and O–H groups in total. The molecule has 0 radical (unpaired) electrons. The second kappa shape index (κ2) is 5.23. The molecule has 0 saturated heterocycles. The van der Waals surface area contributed by atoms with Crippen LogP contribution in [-0.4, -0.2) is 30.8 Å². The van der Waals surface area contributed by atoms with Crippen molar-refractivity contribution >= 4 is 22.2 Å². The van der Waals surface area contributed by atoms with Crippen LogP contribution >= 0.6 is 11.3 Å². The molecule has 1 aliphatic heterocycles. The Morgan fingerprint density at radius 2 is 2.16 bits per heavy atom. The number of carbonyl (C=O) groups is 1. The van der Waals surface area contributed by atoms with Gasteiger partial charge in [-0.3, -0.25) is 9.69 Å². The van der Waals surface area contributed by atoms with E-state index in [0.29, 0.717) is 13.2 Å². The number of amides is 1. The average molecular weight is 281 g/mol. The number of nitrogens with zero attached hydrogens (tertiary/aromatic N) is 1. The van der Waals surface area contributed by atoms with Crippen LogP contribution < -0.4 is 9.80 Å². The zero-order valence-corrected chi connectivity index (χ0v) is 12.2. The summed E-state index contributed by atoms with van der Waals surface area (Å²) in [5.41, 5.74) is 2.89. The molecule has 0 aromatic carbocycles. The zero-order chi connectivity index (χ0) is 13.4. The molecule has 1 aromatic rings. The second-order valence-electron chi connectivity index (χ2n) is 5.50. The molecule has 0 bridgehead atoms. The van der Waals surface area contributed by atoms with Crippen LogP contribution in [0, 0.1) is 0 Å². The molecule has 2 heterocycles. The molecule has 0 spiro atoms.